The van der Waals surface area contributed by atoms with Crippen molar-refractivity contribution in [1.82, 2.24) is 10.6 Å². The molecule has 6 nitrogen and oxygen atoms in total. The number of benzene rings is 2. The molecule has 0 amide bonds. The van der Waals surface area contributed by atoms with Crippen molar-refractivity contribution in [3.05, 3.63) is 53.6 Å². The molecule has 0 bridgehead atoms. The molecule has 0 saturated carbocycles. The normalized spacial score (nSPS) is 12.3. The first-order chi connectivity index (χ1) is 13.1. The molecular formula is C21H29N3O3. The molecule has 0 aliphatic carbocycles. The van der Waals surface area contributed by atoms with Gasteiger partial charge in [0.05, 0.1) is 39.5 Å². The van der Waals surface area contributed by atoms with E-state index in [9.17, 15) is 0 Å². The molecular weight excluding hydrogens is 342 g/mol. The summed E-state index contributed by atoms with van der Waals surface area (Å²) in [4.78, 5) is 4.72. The van der Waals surface area contributed by atoms with Gasteiger partial charge in [0.25, 0.3) is 0 Å². The molecule has 0 saturated heterocycles. The highest BCUT2D eigenvalue weighted by Gasteiger charge is 2.14. The van der Waals surface area contributed by atoms with Crippen molar-refractivity contribution < 1.29 is 14.2 Å². The Balaban J connectivity index is 2.23. The minimum Gasteiger partial charge on any atom is -0.496 e. The molecule has 0 heterocycles. The molecule has 2 N–H and O–H groups in total. The van der Waals surface area contributed by atoms with E-state index in [1.54, 1.807) is 21.3 Å². The second-order valence-electron chi connectivity index (χ2n) is 5.98. The number of ether oxygens (including phenoxy) is 3. The van der Waals surface area contributed by atoms with Gasteiger partial charge < -0.3 is 24.8 Å². The van der Waals surface area contributed by atoms with Crippen LogP contribution in [-0.2, 0) is 6.54 Å². The van der Waals surface area contributed by atoms with Crippen LogP contribution in [0.25, 0.3) is 0 Å². The largest absolute Gasteiger partial charge is 0.496 e. The lowest BCUT2D eigenvalue weighted by Crippen LogP contribution is -2.38. The number of rotatable bonds is 8. The van der Waals surface area contributed by atoms with Gasteiger partial charge in [-0.05, 0) is 19.4 Å². The number of nitrogens with zero attached hydrogens (tertiary/aromatic N) is 1. The van der Waals surface area contributed by atoms with Gasteiger partial charge in [0, 0.05) is 18.7 Å². The van der Waals surface area contributed by atoms with Crippen LogP contribution in [0.5, 0.6) is 17.2 Å². The van der Waals surface area contributed by atoms with E-state index in [4.69, 9.17) is 19.2 Å². The molecule has 2 rings (SSSR count). The average Bonchev–Trinajstić information content (AvgIpc) is 2.72. The van der Waals surface area contributed by atoms with E-state index in [2.05, 4.69) is 29.7 Å². The van der Waals surface area contributed by atoms with Gasteiger partial charge in [0.1, 0.15) is 17.2 Å². The first kappa shape index (κ1) is 20.4. The Labute approximate surface area is 161 Å². The summed E-state index contributed by atoms with van der Waals surface area (Å²) >= 11 is 0. The summed E-state index contributed by atoms with van der Waals surface area (Å²) in [7, 11) is 4.87. The average molecular weight is 371 g/mol. The predicted octanol–water partition coefficient (Wildman–Crippen LogP) is 3.53. The van der Waals surface area contributed by atoms with E-state index in [-0.39, 0.29) is 6.04 Å². The molecule has 2 aromatic rings. The number of methoxy groups -OCH3 is 3. The SMILES string of the molecule is CCNC(=NCc1c(OC)cc(OC)cc1OC)NC(C)c1ccccc1. The van der Waals surface area contributed by atoms with Crippen LogP contribution in [0.1, 0.15) is 31.0 Å². The summed E-state index contributed by atoms with van der Waals surface area (Å²) in [6.07, 6.45) is 0. The zero-order valence-corrected chi connectivity index (χ0v) is 16.7. The van der Waals surface area contributed by atoms with Crippen LogP contribution in [0.15, 0.2) is 47.5 Å². The van der Waals surface area contributed by atoms with E-state index in [0.717, 1.165) is 18.1 Å². The molecule has 0 radical (unpaired) electrons. The van der Waals surface area contributed by atoms with E-state index in [1.807, 2.05) is 37.3 Å². The van der Waals surface area contributed by atoms with Gasteiger partial charge in [-0.3, -0.25) is 0 Å². The molecule has 1 unspecified atom stereocenters. The lowest BCUT2D eigenvalue weighted by molar-refractivity contribution is 0.369. The van der Waals surface area contributed by atoms with E-state index in [0.29, 0.717) is 23.8 Å². The molecule has 0 spiro atoms. The van der Waals surface area contributed by atoms with Gasteiger partial charge in [0.2, 0.25) is 0 Å². The van der Waals surface area contributed by atoms with Gasteiger partial charge >= 0.3 is 0 Å². The molecule has 2 aromatic carbocycles. The van der Waals surface area contributed by atoms with Crippen molar-refractivity contribution in [2.24, 2.45) is 4.99 Å². The molecule has 0 aliphatic rings. The number of hydrogen-bond acceptors (Lipinski definition) is 4. The molecule has 146 valence electrons. The van der Waals surface area contributed by atoms with Crippen LogP contribution in [0.3, 0.4) is 0 Å². The van der Waals surface area contributed by atoms with Crippen molar-refractivity contribution in [2.75, 3.05) is 27.9 Å². The summed E-state index contributed by atoms with van der Waals surface area (Å²) in [5.41, 5.74) is 2.06. The Morgan fingerprint density at radius 1 is 1.00 bits per heavy atom. The van der Waals surface area contributed by atoms with Crippen molar-refractivity contribution in [2.45, 2.75) is 26.4 Å². The second-order valence-corrected chi connectivity index (χ2v) is 5.98. The fraction of sp³-hybridized carbons (Fsp3) is 0.381. The number of nitrogens with one attached hydrogen (secondary N) is 2. The lowest BCUT2D eigenvalue weighted by atomic mass is 10.1. The third kappa shape index (κ3) is 5.54. The molecule has 27 heavy (non-hydrogen) atoms. The van der Waals surface area contributed by atoms with Gasteiger partial charge in [-0.1, -0.05) is 30.3 Å². The first-order valence-electron chi connectivity index (χ1n) is 9.01. The monoisotopic (exact) mass is 371 g/mol. The lowest BCUT2D eigenvalue weighted by Gasteiger charge is -2.19. The number of guanidine groups is 1. The Morgan fingerprint density at radius 3 is 2.15 bits per heavy atom. The maximum atomic E-state index is 5.50. The third-order valence-corrected chi connectivity index (χ3v) is 4.21. The van der Waals surface area contributed by atoms with Crippen molar-refractivity contribution in [3.8, 4) is 17.2 Å². The zero-order chi connectivity index (χ0) is 19.6. The fourth-order valence-electron chi connectivity index (χ4n) is 2.74. The van der Waals surface area contributed by atoms with E-state index in [1.165, 1.54) is 5.56 Å². The standard InChI is InChI=1S/C21H29N3O3/c1-6-22-21(24-15(2)16-10-8-7-9-11-16)23-14-18-19(26-4)12-17(25-3)13-20(18)27-5/h7-13,15H,6,14H2,1-5H3,(H2,22,23,24). The summed E-state index contributed by atoms with van der Waals surface area (Å²) in [5, 5.41) is 6.72. The Bertz CT molecular complexity index is 723. The zero-order valence-electron chi connectivity index (χ0n) is 16.7. The highest BCUT2D eigenvalue weighted by atomic mass is 16.5. The van der Waals surface area contributed by atoms with E-state index >= 15 is 0 Å². The molecule has 0 aliphatic heterocycles. The number of hydrogen-bond donors (Lipinski definition) is 2. The minimum absolute atomic E-state index is 0.128. The van der Waals surface area contributed by atoms with Crippen molar-refractivity contribution in [3.63, 3.8) is 0 Å². The van der Waals surface area contributed by atoms with Gasteiger partial charge in [-0.25, -0.2) is 4.99 Å². The summed E-state index contributed by atoms with van der Waals surface area (Å²) < 4.78 is 16.3. The van der Waals surface area contributed by atoms with Crippen LogP contribution in [0.4, 0.5) is 0 Å². The van der Waals surface area contributed by atoms with Gasteiger partial charge in [-0.15, -0.1) is 0 Å². The highest BCUT2D eigenvalue weighted by Crippen LogP contribution is 2.34. The fourth-order valence-corrected chi connectivity index (χ4v) is 2.74. The predicted molar refractivity (Wildman–Crippen MR) is 109 cm³/mol. The van der Waals surface area contributed by atoms with Gasteiger partial charge in [-0.2, -0.15) is 0 Å². The number of aliphatic imine (C=N–C) groups is 1. The second kappa shape index (κ2) is 10.3. The summed E-state index contributed by atoms with van der Waals surface area (Å²) in [6.45, 7) is 5.33. The Kier molecular flexibility index (Phi) is 7.79. The molecule has 0 aromatic heterocycles. The highest BCUT2D eigenvalue weighted by molar-refractivity contribution is 5.80. The van der Waals surface area contributed by atoms with E-state index < -0.39 is 0 Å². The van der Waals surface area contributed by atoms with Crippen LogP contribution in [0.2, 0.25) is 0 Å². The van der Waals surface area contributed by atoms with Gasteiger partial charge in [0.15, 0.2) is 5.96 Å². The van der Waals surface area contributed by atoms with Crippen molar-refractivity contribution >= 4 is 5.96 Å². The van der Waals surface area contributed by atoms with Crippen LogP contribution in [-0.4, -0.2) is 33.8 Å². The smallest absolute Gasteiger partial charge is 0.192 e. The Morgan fingerprint density at radius 2 is 1.63 bits per heavy atom. The first-order valence-corrected chi connectivity index (χ1v) is 9.01. The topological polar surface area (TPSA) is 64.1 Å². The quantitative estimate of drug-likeness (QED) is 0.549. The summed E-state index contributed by atoms with van der Waals surface area (Å²) in [5.74, 6) is 2.77. The third-order valence-electron chi connectivity index (χ3n) is 4.21. The van der Waals surface area contributed by atoms with Crippen LogP contribution < -0.4 is 24.8 Å². The van der Waals surface area contributed by atoms with Crippen LogP contribution >= 0.6 is 0 Å². The molecule has 0 fully saturated rings. The molecule has 1 atom stereocenters. The molecule has 6 heteroatoms. The maximum Gasteiger partial charge on any atom is 0.192 e. The summed E-state index contributed by atoms with van der Waals surface area (Å²) in [6, 6.07) is 14.1. The van der Waals surface area contributed by atoms with Crippen LogP contribution in [0, 0.1) is 0 Å². The van der Waals surface area contributed by atoms with Crippen molar-refractivity contribution in [1.29, 1.82) is 0 Å². The minimum atomic E-state index is 0.128. The maximum absolute atomic E-state index is 5.50. The Hall–Kier alpha value is -2.89.